The van der Waals surface area contributed by atoms with Gasteiger partial charge in [-0.2, -0.15) is 4.98 Å². The van der Waals surface area contributed by atoms with Crippen LogP contribution in [0.15, 0.2) is 57.5 Å². The van der Waals surface area contributed by atoms with Gasteiger partial charge in [0.2, 0.25) is 11.7 Å². The normalized spacial score (nSPS) is 11.7. The highest BCUT2D eigenvalue weighted by Gasteiger charge is 2.16. The summed E-state index contributed by atoms with van der Waals surface area (Å²) in [5, 5.41) is 6.66. The largest absolute Gasteiger partial charge is 0.497 e. The zero-order valence-electron chi connectivity index (χ0n) is 14.8. The van der Waals surface area contributed by atoms with Crippen molar-refractivity contribution >= 4 is 21.8 Å². The van der Waals surface area contributed by atoms with Crippen LogP contribution >= 0.6 is 15.9 Å². The van der Waals surface area contributed by atoms with Crippen LogP contribution < -0.4 is 14.8 Å². The van der Waals surface area contributed by atoms with E-state index in [0.717, 1.165) is 10.0 Å². The Balaban J connectivity index is 1.55. The molecule has 0 aliphatic heterocycles. The minimum absolute atomic E-state index is 0.115. The smallest absolute Gasteiger partial charge is 0.261 e. The van der Waals surface area contributed by atoms with Gasteiger partial charge in [-0.3, -0.25) is 4.79 Å². The fraction of sp³-hybridized carbons (Fsp3) is 0.211. The summed E-state index contributed by atoms with van der Waals surface area (Å²) in [5.41, 5.74) is 0.766. The van der Waals surface area contributed by atoms with Crippen molar-refractivity contribution in [3.8, 4) is 22.9 Å². The maximum Gasteiger partial charge on any atom is 0.261 e. The van der Waals surface area contributed by atoms with Gasteiger partial charge in [-0.1, -0.05) is 33.2 Å². The summed E-state index contributed by atoms with van der Waals surface area (Å²) in [7, 11) is 1.59. The van der Waals surface area contributed by atoms with E-state index >= 15 is 0 Å². The van der Waals surface area contributed by atoms with Crippen LogP contribution in [0.4, 0.5) is 0 Å². The number of nitrogens with zero attached hydrogens (tertiary/aromatic N) is 2. The zero-order chi connectivity index (χ0) is 19.2. The third-order valence-corrected chi connectivity index (χ3v) is 4.23. The molecule has 27 heavy (non-hydrogen) atoms. The van der Waals surface area contributed by atoms with E-state index in [1.54, 1.807) is 32.2 Å². The number of carbonyl (C=O) groups is 1. The first kappa shape index (κ1) is 18.9. The second-order valence-electron chi connectivity index (χ2n) is 5.68. The molecule has 2 aromatic carbocycles. The van der Waals surface area contributed by atoms with Gasteiger partial charge in [-0.25, -0.2) is 0 Å². The summed E-state index contributed by atoms with van der Waals surface area (Å²) in [6.45, 7) is 1.79. The number of rotatable bonds is 7. The summed E-state index contributed by atoms with van der Waals surface area (Å²) in [5.74, 6) is 1.76. The fourth-order valence-electron chi connectivity index (χ4n) is 2.28. The first-order valence-electron chi connectivity index (χ1n) is 8.22. The highest BCUT2D eigenvalue weighted by molar-refractivity contribution is 9.10. The van der Waals surface area contributed by atoms with Gasteiger partial charge in [0, 0.05) is 10.0 Å². The Morgan fingerprint density at radius 2 is 2.00 bits per heavy atom. The molecule has 140 valence electrons. The van der Waals surface area contributed by atoms with Crippen molar-refractivity contribution in [2.24, 2.45) is 0 Å². The number of carbonyl (C=O) groups excluding carboxylic acids is 1. The van der Waals surface area contributed by atoms with Crippen LogP contribution in [0.5, 0.6) is 11.5 Å². The summed E-state index contributed by atoms with van der Waals surface area (Å²) < 4.78 is 16.9. The van der Waals surface area contributed by atoms with Gasteiger partial charge in [0.25, 0.3) is 5.91 Å². The van der Waals surface area contributed by atoms with E-state index in [9.17, 15) is 4.79 Å². The van der Waals surface area contributed by atoms with Gasteiger partial charge in [0.1, 0.15) is 11.5 Å². The second-order valence-corrected chi connectivity index (χ2v) is 6.59. The molecule has 1 atom stereocenters. The highest BCUT2D eigenvalue weighted by Crippen LogP contribution is 2.21. The van der Waals surface area contributed by atoms with Crippen LogP contribution in [0.25, 0.3) is 11.4 Å². The van der Waals surface area contributed by atoms with Gasteiger partial charge in [0.15, 0.2) is 6.10 Å². The summed E-state index contributed by atoms with van der Waals surface area (Å²) >= 11 is 3.35. The van der Waals surface area contributed by atoms with Gasteiger partial charge in [-0.05, 0) is 43.3 Å². The molecule has 0 saturated heterocycles. The number of hydrogen-bond donors (Lipinski definition) is 1. The first-order valence-corrected chi connectivity index (χ1v) is 9.01. The SMILES string of the molecule is COc1cccc(-c2noc(CNC(=O)[C@@H](C)Oc3ccc(Br)cc3)n2)c1. The lowest BCUT2D eigenvalue weighted by Gasteiger charge is -2.13. The van der Waals surface area contributed by atoms with Crippen LogP contribution in [0.3, 0.4) is 0 Å². The average molecular weight is 432 g/mol. The molecule has 1 aromatic heterocycles. The molecule has 0 spiro atoms. The first-order chi connectivity index (χ1) is 13.0. The Labute approximate surface area is 164 Å². The molecule has 0 aliphatic carbocycles. The molecular weight excluding hydrogens is 414 g/mol. The van der Waals surface area contributed by atoms with E-state index < -0.39 is 6.10 Å². The number of aromatic nitrogens is 2. The monoisotopic (exact) mass is 431 g/mol. The third kappa shape index (κ3) is 5.07. The molecule has 0 aliphatic rings. The topological polar surface area (TPSA) is 86.5 Å². The number of methoxy groups -OCH3 is 1. The van der Waals surface area contributed by atoms with Crippen molar-refractivity contribution < 1.29 is 18.8 Å². The van der Waals surface area contributed by atoms with Crippen LogP contribution in [0, 0.1) is 0 Å². The van der Waals surface area contributed by atoms with Gasteiger partial charge < -0.3 is 19.3 Å². The molecule has 1 amide bonds. The molecule has 3 aromatic rings. The Morgan fingerprint density at radius 1 is 1.22 bits per heavy atom. The van der Waals surface area contributed by atoms with Crippen LogP contribution in [-0.2, 0) is 11.3 Å². The minimum Gasteiger partial charge on any atom is -0.497 e. The molecule has 0 saturated carbocycles. The molecule has 0 bridgehead atoms. The van der Waals surface area contributed by atoms with Crippen molar-refractivity contribution in [1.82, 2.24) is 15.5 Å². The summed E-state index contributed by atoms with van der Waals surface area (Å²) in [6.07, 6.45) is -0.660. The minimum atomic E-state index is -0.660. The Bertz CT molecular complexity index is 911. The van der Waals surface area contributed by atoms with Crippen molar-refractivity contribution in [1.29, 1.82) is 0 Å². The van der Waals surface area contributed by atoms with Crippen LogP contribution in [0.1, 0.15) is 12.8 Å². The lowest BCUT2D eigenvalue weighted by atomic mass is 10.2. The van der Waals surface area contributed by atoms with Crippen LogP contribution in [-0.4, -0.2) is 29.3 Å². The van der Waals surface area contributed by atoms with Crippen molar-refractivity contribution in [3.05, 3.63) is 58.9 Å². The lowest BCUT2D eigenvalue weighted by molar-refractivity contribution is -0.127. The van der Waals surface area contributed by atoms with Crippen molar-refractivity contribution in [2.75, 3.05) is 7.11 Å². The molecular formula is C19H18BrN3O4. The predicted molar refractivity (Wildman–Crippen MR) is 102 cm³/mol. The fourth-order valence-corrected chi connectivity index (χ4v) is 2.55. The molecule has 0 unspecified atom stereocenters. The van der Waals surface area contributed by atoms with E-state index in [0.29, 0.717) is 23.2 Å². The average Bonchev–Trinajstić information content (AvgIpc) is 3.17. The highest BCUT2D eigenvalue weighted by atomic mass is 79.9. The van der Waals surface area contributed by atoms with E-state index in [2.05, 4.69) is 31.4 Å². The zero-order valence-corrected chi connectivity index (χ0v) is 16.4. The molecule has 8 heteroatoms. The van der Waals surface area contributed by atoms with Gasteiger partial charge >= 0.3 is 0 Å². The number of halogens is 1. The van der Waals surface area contributed by atoms with Gasteiger partial charge in [0.05, 0.1) is 13.7 Å². The number of benzene rings is 2. The van der Waals surface area contributed by atoms with E-state index in [-0.39, 0.29) is 12.5 Å². The molecule has 1 heterocycles. The molecule has 7 nitrogen and oxygen atoms in total. The van der Waals surface area contributed by atoms with Crippen molar-refractivity contribution in [3.63, 3.8) is 0 Å². The lowest BCUT2D eigenvalue weighted by Crippen LogP contribution is -2.35. The maximum absolute atomic E-state index is 12.2. The Morgan fingerprint density at radius 3 is 2.74 bits per heavy atom. The van der Waals surface area contributed by atoms with Gasteiger partial charge in [-0.15, -0.1) is 0 Å². The standard InChI is InChI=1S/C19H18BrN3O4/c1-12(26-15-8-6-14(20)7-9-15)19(24)21-11-17-22-18(23-27-17)13-4-3-5-16(10-13)25-2/h3-10,12H,11H2,1-2H3,(H,21,24)/t12-/m1/s1. The summed E-state index contributed by atoms with van der Waals surface area (Å²) in [6, 6.07) is 14.6. The molecule has 3 rings (SSSR count). The quantitative estimate of drug-likeness (QED) is 0.614. The molecule has 0 fully saturated rings. The van der Waals surface area contributed by atoms with E-state index in [4.69, 9.17) is 14.0 Å². The Hall–Kier alpha value is -2.87. The van der Waals surface area contributed by atoms with E-state index in [1.807, 2.05) is 30.3 Å². The second kappa shape index (κ2) is 8.68. The van der Waals surface area contributed by atoms with E-state index in [1.165, 1.54) is 0 Å². The summed E-state index contributed by atoms with van der Waals surface area (Å²) in [4.78, 5) is 16.5. The number of hydrogen-bond acceptors (Lipinski definition) is 6. The number of amides is 1. The van der Waals surface area contributed by atoms with Crippen LogP contribution in [0.2, 0.25) is 0 Å². The third-order valence-electron chi connectivity index (χ3n) is 3.71. The molecule has 0 radical (unpaired) electrons. The number of ether oxygens (including phenoxy) is 2. The number of nitrogens with one attached hydrogen (secondary N) is 1. The molecule has 1 N–H and O–H groups in total. The van der Waals surface area contributed by atoms with Crippen molar-refractivity contribution in [2.45, 2.75) is 19.6 Å². The Kier molecular flexibility index (Phi) is 6.08. The predicted octanol–water partition coefficient (Wildman–Crippen LogP) is 3.59. The maximum atomic E-state index is 12.2.